The standard InChI is InChI=1S/C10H4Br4O/c11-4-1-2-5(12)9-8(4)6(13)3-7(15)10(9)14/h1-3,15H. The molecule has 0 spiro atoms. The molecule has 0 bridgehead atoms. The molecular formula is C10H4Br4O. The number of phenols is 1. The lowest BCUT2D eigenvalue weighted by Crippen LogP contribution is -1.82. The van der Waals surface area contributed by atoms with Gasteiger partial charge >= 0.3 is 0 Å². The molecule has 2 aromatic carbocycles. The number of hydrogen-bond acceptors (Lipinski definition) is 1. The molecule has 2 rings (SSSR count). The molecule has 0 saturated heterocycles. The second kappa shape index (κ2) is 4.35. The first-order chi connectivity index (χ1) is 7.02. The molecule has 0 fully saturated rings. The summed E-state index contributed by atoms with van der Waals surface area (Å²) in [6.45, 7) is 0. The third-order valence-corrected chi connectivity index (χ3v) is 4.80. The van der Waals surface area contributed by atoms with E-state index in [2.05, 4.69) is 63.7 Å². The van der Waals surface area contributed by atoms with Crippen molar-refractivity contribution >= 4 is 74.5 Å². The van der Waals surface area contributed by atoms with Gasteiger partial charge in [0.25, 0.3) is 0 Å². The lowest BCUT2D eigenvalue weighted by molar-refractivity contribution is 0.472. The van der Waals surface area contributed by atoms with E-state index in [1.165, 1.54) is 0 Å². The van der Waals surface area contributed by atoms with Crippen molar-refractivity contribution in [1.82, 2.24) is 0 Å². The van der Waals surface area contributed by atoms with Crippen molar-refractivity contribution in [3.63, 3.8) is 0 Å². The van der Waals surface area contributed by atoms with E-state index < -0.39 is 0 Å². The van der Waals surface area contributed by atoms with Crippen LogP contribution in [-0.2, 0) is 0 Å². The Morgan fingerprint density at radius 3 is 1.93 bits per heavy atom. The van der Waals surface area contributed by atoms with Crippen LogP contribution in [0.5, 0.6) is 5.75 Å². The fourth-order valence-electron chi connectivity index (χ4n) is 1.38. The minimum absolute atomic E-state index is 0.216. The zero-order valence-corrected chi connectivity index (χ0v) is 13.5. The summed E-state index contributed by atoms with van der Waals surface area (Å²) in [4.78, 5) is 0. The van der Waals surface area contributed by atoms with Crippen LogP contribution in [0.3, 0.4) is 0 Å². The molecule has 0 atom stereocenters. The van der Waals surface area contributed by atoms with Gasteiger partial charge in [-0.1, -0.05) is 31.9 Å². The van der Waals surface area contributed by atoms with Crippen molar-refractivity contribution in [3.05, 3.63) is 36.1 Å². The first-order valence-electron chi connectivity index (χ1n) is 3.97. The molecule has 0 heterocycles. The van der Waals surface area contributed by atoms with E-state index in [-0.39, 0.29) is 5.75 Å². The lowest BCUT2D eigenvalue weighted by atomic mass is 10.1. The molecule has 78 valence electrons. The number of fused-ring (bicyclic) bond motifs is 1. The van der Waals surface area contributed by atoms with Crippen LogP contribution in [0.2, 0.25) is 0 Å². The number of phenolic OH excluding ortho intramolecular Hbond substituents is 1. The Kier molecular flexibility index (Phi) is 3.45. The highest BCUT2D eigenvalue weighted by molar-refractivity contribution is 9.12. The summed E-state index contributed by atoms with van der Waals surface area (Å²) in [6.07, 6.45) is 0. The van der Waals surface area contributed by atoms with Gasteiger partial charge < -0.3 is 5.11 Å². The Balaban J connectivity index is 3.08. The molecule has 0 amide bonds. The van der Waals surface area contributed by atoms with E-state index >= 15 is 0 Å². The summed E-state index contributed by atoms with van der Waals surface area (Å²) in [5.74, 6) is 0.216. The molecule has 0 aliphatic carbocycles. The van der Waals surface area contributed by atoms with Crippen molar-refractivity contribution in [2.75, 3.05) is 0 Å². The molecule has 5 heteroatoms. The third kappa shape index (κ3) is 1.99. The fraction of sp³-hybridized carbons (Fsp3) is 0. The van der Waals surface area contributed by atoms with Crippen LogP contribution >= 0.6 is 63.7 Å². The first kappa shape index (κ1) is 11.9. The number of rotatable bonds is 0. The van der Waals surface area contributed by atoms with Gasteiger partial charge in [-0.3, -0.25) is 0 Å². The minimum Gasteiger partial charge on any atom is -0.507 e. The van der Waals surface area contributed by atoms with Gasteiger partial charge in [0.2, 0.25) is 0 Å². The van der Waals surface area contributed by atoms with Crippen LogP contribution in [0.4, 0.5) is 0 Å². The largest absolute Gasteiger partial charge is 0.507 e. The molecule has 0 aliphatic rings. The molecule has 15 heavy (non-hydrogen) atoms. The average Bonchev–Trinajstić information content (AvgIpc) is 2.18. The number of hydrogen-bond donors (Lipinski definition) is 1. The van der Waals surface area contributed by atoms with Crippen LogP contribution in [-0.4, -0.2) is 5.11 Å². The molecule has 0 aliphatic heterocycles. The highest BCUT2D eigenvalue weighted by Crippen LogP contribution is 2.43. The molecule has 1 nitrogen and oxygen atoms in total. The van der Waals surface area contributed by atoms with Gasteiger partial charge in [-0.05, 0) is 50.1 Å². The van der Waals surface area contributed by atoms with Crippen molar-refractivity contribution in [2.45, 2.75) is 0 Å². The summed E-state index contributed by atoms with van der Waals surface area (Å²) < 4.78 is 3.46. The summed E-state index contributed by atoms with van der Waals surface area (Å²) in [5.41, 5.74) is 0. The van der Waals surface area contributed by atoms with E-state index in [1.807, 2.05) is 12.1 Å². The van der Waals surface area contributed by atoms with Crippen molar-refractivity contribution in [1.29, 1.82) is 0 Å². The fourth-order valence-corrected chi connectivity index (χ4v) is 4.14. The van der Waals surface area contributed by atoms with Gasteiger partial charge in [0.15, 0.2) is 0 Å². The highest BCUT2D eigenvalue weighted by Gasteiger charge is 2.13. The van der Waals surface area contributed by atoms with Gasteiger partial charge in [0, 0.05) is 24.2 Å². The maximum atomic E-state index is 9.70. The molecular weight excluding hydrogens is 456 g/mol. The quantitative estimate of drug-likeness (QED) is 0.544. The van der Waals surface area contributed by atoms with Crippen LogP contribution in [0, 0.1) is 0 Å². The number of benzene rings is 2. The predicted molar refractivity (Wildman–Crippen MR) is 76.4 cm³/mol. The van der Waals surface area contributed by atoms with Crippen molar-refractivity contribution in [2.24, 2.45) is 0 Å². The Morgan fingerprint density at radius 1 is 0.800 bits per heavy atom. The average molecular weight is 460 g/mol. The van der Waals surface area contributed by atoms with Gasteiger partial charge in [0.05, 0.1) is 4.47 Å². The van der Waals surface area contributed by atoms with Crippen LogP contribution in [0.25, 0.3) is 10.8 Å². The Morgan fingerprint density at radius 2 is 1.33 bits per heavy atom. The van der Waals surface area contributed by atoms with Crippen molar-refractivity contribution < 1.29 is 5.11 Å². The maximum absolute atomic E-state index is 9.70. The molecule has 0 aromatic heterocycles. The molecule has 0 unspecified atom stereocenters. The summed E-state index contributed by atoms with van der Waals surface area (Å²) >= 11 is 13.8. The van der Waals surface area contributed by atoms with E-state index in [0.29, 0.717) is 4.47 Å². The summed E-state index contributed by atoms with van der Waals surface area (Å²) in [7, 11) is 0. The first-order valence-corrected chi connectivity index (χ1v) is 7.14. The highest BCUT2D eigenvalue weighted by atomic mass is 79.9. The van der Waals surface area contributed by atoms with Crippen LogP contribution < -0.4 is 0 Å². The smallest absolute Gasteiger partial charge is 0.131 e. The normalized spacial score (nSPS) is 10.9. The predicted octanol–water partition coefficient (Wildman–Crippen LogP) is 5.60. The maximum Gasteiger partial charge on any atom is 0.131 e. The zero-order chi connectivity index (χ0) is 11.2. The Labute approximate surface area is 120 Å². The molecule has 1 N–H and O–H groups in total. The van der Waals surface area contributed by atoms with Crippen LogP contribution in [0.15, 0.2) is 36.1 Å². The van der Waals surface area contributed by atoms with Gasteiger partial charge in [-0.15, -0.1) is 0 Å². The molecule has 2 aromatic rings. The molecule has 0 radical (unpaired) electrons. The minimum atomic E-state index is 0.216. The Hall–Kier alpha value is 0.420. The number of halogens is 4. The van der Waals surface area contributed by atoms with Crippen LogP contribution in [0.1, 0.15) is 0 Å². The second-order valence-electron chi connectivity index (χ2n) is 2.97. The third-order valence-electron chi connectivity index (χ3n) is 2.05. The number of aromatic hydroxyl groups is 1. The zero-order valence-electron chi connectivity index (χ0n) is 7.19. The van der Waals surface area contributed by atoms with Gasteiger partial charge in [-0.2, -0.15) is 0 Å². The van der Waals surface area contributed by atoms with E-state index in [9.17, 15) is 5.11 Å². The summed E-state index contributed by atoms with van der Waals surface area (Å²) in [6, 6.07) is 5.56. The van der Waals surface area contributed by atoms with E-state index in [0.717, 1.165) is 24.2 Å². The second-order valence-corrected chi connectivity index (χ2v) is 6.33. The Bertz CT molecular complexity index is 551. The van der Waals surface area contributed by atoms with Gasteiger partial charge in [0.1, 0.15) is 5.75 Å². The topological polar surface area (TPSA) is 20.2 Å². The summed E-state index contributed by atoms with van der Waals surface area (Å²) in [5, 5.41) is 11.7. The van der Waals surface area contributed by atoms with E-state index in [1.54, 1.807) is 6.07 Å². The lowest BCUT2D eigenvalue weighted by Gasteiger charge is -2.09. The van der Waals surface area contributed by atoms with Crippen molar-refractivity contribution in [3.8, 4) is 5.75 Å². The SMILES string of the molecule is Oc1cc(Br)c2c(Br)ccc(Br)c2c1Br. The molecule has 0 saturated carbocycles. The van der Waals surface area contributed by atoms with E-state index in [4.69, 9.17) is 0 Å². The monoisotopic (exact) mass is 456 g/mol. The van der Waals surface area contributed by atoms with Gasteiger partial charge in [-0.25, -0.2) is 0 Å².